The van der Waals surface area contributed by atoms with Crippen molar-refractivity contribution in [1.29, 1.82) is 0 Å². The van der Waals surface area contributed by atoms with E-state index in [0.717, 1.165) is 25.2 Å². The third-order valence-electron chi connectivity index (χ3n) is 2.97. The maximum atomic E-state index is 9.67. The van der Waals surface area contributed by atoms with E-state index in [1.54, 1.807) is 6.20 Å². The molecule has 102 valence electrons. The van der Waals surface area contributed by atoms with Crippen molar-refractivity contribution < 1.29 is 5.11 Å². The standard InChI is InChI=1S/C15H21N3O/c1-15(2,19)8-10-16-12-13-6-3-4-7-14(13)18-11-5-9-17-18/h3-7,9,11,16,19H,8,10,12H2,1-2H3. The molecule has 0 aliphatic heterocycles. The first-order valence-corrected chi connectivity index (χ1v) is 6.57. The SMILES string of the molecule is CC(C)(O)CCNCc1ccccc1-n1cccn1. The fourth-order valence-corrected chi connectivity index (χ4v) is 1.91. The Morgan fingerprint density at radius 1 is 1.26 bits per heavy atom. The molecule has 2 N–H and O–H groups in total. The minimum absolute atomic E-state index is 0.617. The van der Waals surface area contributed by atoms with Gasteiger partial charge in [0.05, 0.1) is 11.3 Å². The Labute approximate surface area is 114 Å². The van der Waals surface area contributed by atoms with Crippen LogP contribution in [0.15, 0.2) is 42.7 Å². The number of benzene rings is 1. The van der Waals surface area contributed by atoms with E-state index >= 15 is 0 Å². The summed E-state index contributed by atoms with van der Waals surface area (Å²) in [6.07, 6.45) is 4.45. The first-order chi connectivity index (χ1) is 9.06. The Bertz CT molecular complexity index is 500. The average Bonchev–Trinajstić information content (AvgIpc) is 2.88. The van der Waals surface area contributed by atoms with E-state index in [9.17, 15) is 5.11 Å². The highest BCUT2D eigenvalue weighted by Gasteiger charge is 2.11. The molecule has 2 rings (SSSR count). The summed E-state index contributed by atoms with van der Waals surface area (Å²) in [5.74, 6) is 0. The minimum Gasteiger partial charge on any atom is -0.390 e. The third kappa shape index (κ3) is 4.19. The number of aliphatic hydroxyl groups is 1. The van der Waals surface area contributed by atoms with Gasteiger partial charge >= 0.3 is 0 Å². The molecule has 1 aromatic heterocycles. The fourth-order valence-electron chi connectivity index (χ4n) is 1.91. The molecule has 4 heteroatoms. The van der Waals surface area contributed by atoms with Crippen LogP contribution in [0.2, 0.25) is 0 Å². The van der Waals surface area contributed by atoms with Crippen molar-refractivity contribution in [1.82, 2.24) is 15.1 Å². The summed E-state index contributed by atoms with van der Waals surface area (Å²) in [5.41, 5.74) is 1.67. The van der Waals surface area contributed by atoms with Gasteiger partial charge in [0.25, 0.3) is 0 Å². The molecule has 0 atom stereocenters. The van der Waals surface area contributed by atoms with Crippen LogP contribution in [0.5, 0.6) is 0 Å². The smallest absolute Gasteiger partial charge is 0.0690 e. The van der Waals surface area contributed by atoms with Crippen molar-refractivity contribution in [3.63, 3.8) is 0 Å². The largest absolute Gasteiger partial charge is 0.390 e. The topological polar surface area (TPSA) is 50.1 Å². The van der Waals surface area contributed by atoms with E-state index in [2.05, 4.69) is 22.5 Å². The number of aromatic nitrogens is 2. The van der Waals surface area contributed by atoms with Gasteiger partial charge in [0.2, 0.25) is 0 Å². The van der Waals surface area contributed by atoms with Gasteiger partial charge < -0.3 is 10.4 Å². The molecule has 0 fully saturated rings. The van der Waals surface area contributed by atoms with Crippen LogP contribution in [0.3, 0.4) is 0 Å². The lowest BCUT2D eigenvalue weighted by Crippen LogP contribution is -2.26. The molecule has 1 heterocycles. The van der Waals surface area contributed by atoms with Crippen LogP contribution < -0.4 is 5.32 Å². The maximum absolute atomic E-state index is 9.67. The molecule has 0 saturated heterocycles. The highest BCUT2D eigenvalue weighted by Crippen LogP contribution is 2.13. The summed E-state index contributed by atoms with van der Waals surface area (Å²) in [5, 5.41) is 17.3. The summed E-state index contributed by atoms with van der Waals surface area (Å²) >= 11 is 0. The molecular formula is C15H21N3O. The Kier molecular flexibility index (Phi) is 4.35. The number of para-hydroxylation sites is 1. The van der Waals surface area contributed by atoms with Crippen molar-refractivity contribution in [3.05, 3.63) is 48.3 Å². The second-order valence-electron chi connectivity index (χ2n) is 5.32. The van der Waals surface area contributed by atoms with Crippen molar-refractivity contribution in [3.8, 4) is 5.69 Å². The fraction of sp³-hybridized carbons (Fsp3) is 0.400. The lowest BCUT2D eigenvalue weighted by atomic mass is 10.1. The zero-order valence-electron chi connectivity index (χ0n) is 11.5. The van der Waals surface area contributed by atoms with E-state index in [1.165, 1.54) is 5.56 Å². The lowest BCUT2D eigenvalue weighted by Gasteiger charge is -2.17. The molecule has 4 nitrogen and oxygen atoms in total. The van der Waals surface area contributed by atoms with Crippen LogP contribution in [0.25, 0.3) is 5.69 Å². The number of hydrogen-bond acceptors (Lipinski definition) is 3. The molecule has 1 aromatic carbocycles. The van der Waals surface area contributed by atoms with Gasteiger partial charge in [-0.1, -0.05) is 18.2 Å². The predicted octanol–water partition coefficient (Wildman–Crippen LogP) is 2.12. The van der Waals surface area contributed by atoms with Gasteiger partial charge in [-0.05, 0) is 44.5 Å². The van der Waals surface area contributed by atoms with Gasteiger partial charge in [-0.2, -0.15) is 5.10 Å². The molecule has 0 radical (unpaired) electrons. The lowest BCUT2D eigenvalue weighted by molar-refractivity contribution is 0.0711. The van der Waals surface area contributed by atoms with Crippen LogP contribution in [0.4, 0.5) is 0 Å². The number of rotatable bonds is 6. The molecule has 2 aromatic rings. The summed E-state index contributed by atoms with van der Waals surface area (Å²) in [4.78, 5) is 0. The first kappa shape index (κ1) is 13.8. The molecule has 0 amide bonds. The maximum Gasteiger partial charge on any atom is 0.0690 e. The molecule has 19 heavy (non-hydrogen) atoms. The minimum atomic E-state index is -0.617. The van der Waals surface area contributed by atoms with E-state index in [1.807, 2.05) is 42.9 Å². The third-order valence-corrected chi connectivity index (χ3v) is 2.97. The van der Waals surface area contributed by atoms with Gasteiger partial charge in [-0.15, -0.1) is 0 Å². The van der Waals surface area contributed by atoms with Crippen molar-refractivity contribution >= 4 is 0 Å². The van der Waals surface area contributed by atoms with Crippen LogP contribution in [0.1, 0.15) is 25.8 Å². The molecule has 0 aliphatic rings. The van der Waals surface area contributed by atoms with Crippen LogP contribution in [0, 0.1) is 0 Å². The molecule has 0 unspecified atom stereocenters. The first-order valence-electron chi connectivity index (χ1n) is 6.57. The van der Waals surface area contributed by atoms with Gasteiger partial charge in [0.15, 0.2) is 0 Å². The van der Waals surface area contributed by atoms with Crippen LogP contribution >= 0.6 is 0 Å². The quantitative estimate of drug-likeness (QED) is 0.781. The van der Waals surface area contributed by atoms with E-state index < -0.39 is 5.60 Å². The normalized spacial score (nSPS) is 11.7. The van der Waals surface area contributed by atoms with E-state index in [4.69, 9.17) is 0 Å². The van der Waals surface area contributed by atoms with E-state index in [0.29, 0.717) is 0 Å². The molecule has 0 aliphatic carbocycles. The molecule has 0 spiro atoms. The van der Waals surface area contributed by atoms with Crippen molar-refractivity contribution in [2.75, 3.05) is 6.54 Å². The molecule has 0 saturated carbocycles. The highest BCUT2D eigenvalue weighted by atomic mass is 16.3. The van der Waals surface area contributed by atoms with Crippen LogP contribution in [-0.2, 0) is 6.54 Å². The second kappa shape index (κ2) is 5.99. The van der Waals surface area contributed by atoms with E-state index in [-0.39, 0.29) is 0 Å². The van der Waals surface area contributed by atoms with Gasteiger partial charge in [-0.25, -0.2) is 4.68 Å². The summed E-state index contributed by atoms with van der Waals surface area (Å²) < 4.78 is 1.87. The van der Waals surface area contributed by atoms with Crippen molar-refractivity contribution in [2.45, 2.75) is 32.4 Å². The average molecular weight is 259 g/mol. The van der Waals surface area contributed by atoms with Gasteiger partial charge in [0, 0.05) is 18.9 Å². The van der Waals surface area contributed by atoms with Crippen LogP contribution in [-0.4, -0.2) is 27.0 Å². The monoisotopic (exact) mass is 259 g/mol. The Morgan fingerprint density at radius 3 is 2.74 bits per heavy atom. The summed E-state index contributed by atoms with van der Waals surface area (Å²) in [6.45, 7) is 5.21. The number of nitrogens with one attached hydrogen (secondary N) is 1. The summed E-state index contributed by atoms with van der Waals surface area (Å²) in [7, 11) is 0. The second-order valence-corrected chi connectivity index (χ2v) is 5.32. The zero-order chi connectivity index (χ0) is 13.7. The molecule has 0 bridgehead atoms. The van der Waals surface area contributed by atoms with Crippen molar-refractivity contribution in [2.24, 2.45) is 0 Å². The van der Waals surface area contributed by atoms with Gasteiger partial charge in [0.1, 0.15) is 0 Å². The Balaban J connectivity index is 1.97. The Morgan fingerprint density at radius 2 is 2.05 bits per heavy atom. The Hall–Kier alpha value is -1.65. The number of nitrogens with zero attached hydrogens (tertiary/aromatic N) is 2. The predicted molar refractivity (Wildman–Crippen MR) is 76.2 cm³/mol. The highest BCUT2D eigenvalue weighted by molar-refractivity contribution is 5.40. The zero-order valence-corrected chi connectivity index (χ0v) is 11.5. The number of hydrogen-bond donors (Lipinski definition) is 2. The molecular weight excluding hydrogens is 238 g/mol. The van der Waals surface area contributed by atoms with Gasteiger partial charge in [-0.3, -0.25) is 0 Å². The summed E-state index contributed by atoms with van der Waals surface area (Å²) in [6, 6.07) is 10.1.